The molecule has 1 heterocycles. The molecular weight excluding hydrogens is 261 g/mol. The van der Waals surface area contributed by atoms with Gasteiger partial charge in [-0.3, -0.25) is 0 Å². The lowest BCUT2D eigenvalue weighted by Crippen LogP contribution is -2.21. The second-order valence-electron chi connectivity index (χ2n) is 3.75. The summed E-state index contributed by atoms with van der Waals surface area (Å²) in [4.78, 5) is 3.34. The molecule has 1 aromatic rings. The lowest BCUT2D eigenvalue weighted by Gasteiger charge is -2.15. The van der Waals surface area contributed by atoms with Crippen LogP contribution in [0.4, 0.5) is 13.2 Å². The molecule has 0 N–H and O–H groups in total. The predicted octanol–water partition coefficient (Wildman–Crippen LogP) is 2.78. The van der Waals surface area contributed by atoms with Gasteiger partial charge in [-0.25, -0.2) is 4.98 Å². The summed E-state index contributed by atoms with van der Waals surface area (Å²) in [5.41, 5.74) is -1.14. The highest BCUT2D eigenvalue weighted by Gasteiger charge is 2.33. The summed E-state index contributed by atoms with van der Waals surface area (Å²) in [6.07, 6.45) is -5.07. The summed E-state index contributed by atoms with van der Waals surface area (Å²) < 4.78 is 47.9. The van der Waals surface area contributed by atoms with Crippen molar-refractivity contribution in [2.45, 2.75) is 26.1 Å². The van der Waals surface area contributed by atoms with Crippen molar-refractivity contribution in [2.75, 3.05) is 13.2 Å². The van der Waals surface area contributed by atoms with E-state index < -0.39 is 18.0 Å². The van der Waals surface area contributed by atoms with Crippen LogP contribution in [-0.2, 0) is 10.9 Å². The number of pyridine rings is 1. The molecule has 4 nitrogen and oxygen atoms in total. The van der Waals surface area contributed by atoms with E-state index in [0.717, 1.165) is 12.1 Å². The third kappa shape index (κ3) is 4.41. The number of alkyl halides is 3. The Hall–Kier alpha value is -1.81. The number of rotatable bonds is 5. The number of hydrogen-bond acceptors (Lipinski definition) is 4. The van der Waals surface area contributed by atoms with E-state index in [4.69, 9.17) is 14.7 Å². The first-order valence-electron chi connectivity index (χ1n) is 5.61. The van der Waals surface area contributed by atoms with Gasteiger partial charge in [-0.15, -0.1) is 0 Å². The Labute approximate surface area is 108 Å². The van der Waals surface area contributed by atoms with Gasteiger partial charge < -0.3 is 9.47 Å². The van der Waals surface area contributed by atoms with Crippen LogP contribution < -0.4 is 4.74 Å². The fourth-order valence-corrected chi connectivity index (χ4v) is 1.28. The number of nitrogens with zero attached hydrogens (tertiary/aromatic N) is 2. The average molecular weight is 274 g/mol. The molecule has 104 valence electrons. The number of nitriles is 1. The summed E-state index contributed by atoms with van der Waals surface area (Å²) in [5, 5.41) is 8.82. The van der Waals surface area contributed by atoms with Gasteiger partial charge in [0, 0.05) is 6.61 Å². The topological polar surface area (TPSA) is 55.1 Å². The largest absolute Gasteiger partial charge is 0.471 e. The molecule has 0 radical (unpaired) electrons. The van der Waals surface area contributed by atoms with E-state index in [2.05, 4.69) is 4.98 Å². The average Bonchev–Trinajstić information content (AvgIpc) is 2.35. The van der Waals surface area contributed by atoms with Crippen LogP contribution in [0.1, 0.15) is 25.1 Å². The standard InChI is InChI=1S/C12H13F3N2O2/c1-3-18-7-8(2)19-11-9(6-16)4-5-10(17-11)12(13,14)15/h4-5,8H,3,7H2,1-2H3. The molecule has 19 heavy (non-hydrogen) atoms. The molecule has 7 heteroatoms. The normalized spacial score (nSPS) is 12.8. The minimum Gasteiger partial charge on any atom is -0.471 e. The highest BCUT2D eigenvalue weighted by Crippen LogP contribution is 2.30. The van der Waals surface area contributed by atoms with Gasteiger partial charge in [0.25, 0.3) is 0 Å². The first-order valence-corrected chi connectivity index (χ1v) is 5.61. The summed E-state index contributed by atoms with van der Waals surface area (Å²) in [5.74, 6) is -0.329. The maximum atomic E-state index is 12.5. The van der Waals surface area contributed by atoms with Crippen LogP contribution in [0, 0.1) is 11.3 Å². The van der Waals surface area contributed by atoms with Crippen molar-refractivity contribution in [3.8, 4) is 11.9 Å². The molecule has 0 aliphatic carbocycles. The van der Waals surface area contributed by atoms with Gasteiger partial charge in [-0.1, -0.05) is 0 Å². The van der Waals surface area contributed by atoms with Crippen molar-refractivity contribution in [3.05, 3.63) is 23.4 Å². The van der Waals surface area contributed by atoms with Crippen LogP contribution in [-0.4, -0.2) is 24.3 Å². The zero-order valence-electron chi connectivity index (χ0n) is 10.5. The van der Waals surface area contributed by atoms with E-state index >= 15 is 0 Å². The third-order valence-corrected chi connectivity index (χ3v) is 2.14. The first-order chi connectivity index (χ1) is 8.88. The lowest BCUT2D eigenvalue weighted by atomic mass is 10.2. The second kappa shape index (κ2) is 6.38. The molecular formula is C12H13F3N2O2. The molecule has 0 saturated carbocycles. The van der Waals surface area contributed by atoms with Crippen molar-refractivity contribution < 1.29 is 22.6 Å². The molecule has 0 saturated heterocycles. The molecule has 0 aromatic carbocycles. The summed E-state index contributed by atoms with van der Waals surface area (Å²) in [6.45, 7) is 4.09. The van der Waals surface area contributed by atoms with Gasteiger partial charge in [0.2, 0.25) is 5.88 Å². The molecule has 1 rings (SSSR count). The Morgan fingerprint density at radius 1 is 1.42 bits per heavy atom. The fraction of sp³-hybridized carbons (Fsp3) is 0.500. The van der Waals surface area contributed by atoms with Gasteiger partial charge >= 0.3 is 6.18 Å². The van der Waals surface area contributed by atoms with Crippen molar-refractivity contribution >= 4 is 0 Å². The van der Waals surface area contributed by atoms with Crippen molar-refractivity contribution in [2.24, 2.45) is 0 Å². The highest BCUT2D eigenvalue weighted by molar-refractivity contribution is 5.39. The summed E-state index contributed by atoms with van der Waals surface area (Å²) >= 11 is 0. The van der Waals surface area contributed by atoms with Crippen molar-refractivity contribution in [1.29, 1.82) is 5.26 Å². The minimum atomic E-state index is -4.57. The van der Waals surface area contributed by atoms with Gasteiger partial charge in [0.15, 0.2) is 0 Å². The molecule has 0 spiro atoms. The van der Waals surface area contributed by atoms with Gasteiger partial charge in [-0.05, 0) is 26.0 Å². The Bertz CT molecular complexity index is 469. The Morgan fingerprint density at radius 3 is 2.63 bits per heavy atom. The number of halogens is 3. The minimum absolute atomic E-state index is 0.0450. The second-order valence-corrected chi connectivity index (χ2v) is 3.75. The van der Waals surface area contributed by atoms with Crippen molar-refractivity contribution in [1.82, 2.24) is 4.98 Å². The molecule has 1 atom stereocenters. The Balaban J connectivity index is 2.94. The van der Waals surface area contributed by atoms with Gasteiger partial charge in [0.1, 0.15) is 23.4 Å². The summed E-state index contributed by atoms with van der Waals surface area (Å²) in [7, 11) is 0. The molecule has 1 unspecified atom stereocenters. The smallest absolute Gasteiger partial charge is 0.433 e. The predicted molar refractivity (Wildman–Crippen MR) is 60.5 cm³/mol. The Morgan fingerprint density at radius 2 is 2.11 bits per heavy atom. The van der Waals surface area contributed by atoms with E-state index in [9.17, 15) is 13.2 Å². The number of aromatic nitrogens is 1. The first kappa shape index (κ1) is 15.2. The Kier molecular flexibility index (Phi) is 5.12. The van der Waals surface area contributed by atoms with E-state index in [1.165, 1.54) is 0 Å². The lowest BCUT2D eigenvalue weighted by molar-refractivity contribution is -0.141. The number of hydrogen-bond donors (Lipinski definition) is 0. The van der Waals surface area contributed by atoms with Crippen LogP contribution in [0.3, 0.4) is 0 Å². The van der Waals surface area contributed by atoms with Crippen LogP contribution >= 0.6 is 0 Å². The SMILES string of the molecule is CCOCC(C)Oc1nc(C(F)(F)F)ccc1C#N. The van der Waals surface area contributed by atoms with Crippen molar-refractivity contribution in [3.63, 3.8) is 0 Å². The monoisotopic (exact) mass is 274 g/mol. The van der Waals surface area contributed by atoms with Crippen LogP contribution in [0.15, 0.2) is 12.1 Å². The van der Waals surface area contributed by atoms with Crippen LogP contribution in [0.25, 0.3) is 0 Å². The van der Waals surface area contributed by atoms with E-state index in [-0.39, 0.29) is 18.1 Å². The quantitative estimate of drug-likeness (QED) is 0.828. The van der Waals surface area contributed by atoms with Gasteiger partial charge in [-0.2, -0.15) is 18.4 Å². The van der Waals surface area contributed by atoms with Crippen LogP contribution in [0.2, 0.25) is 0 Å². The van der Waals surface area contributed by atoms with Gasteiger partial charge in [0.05, 0.1) is 6.61 Å². The molecule has 0 aliphatic heterocycles. The zero-order valence-corrected chi connectivity index (χ0v) is 10.5. The molecule has 0 amide bonds. The zero-order chi connectivity index (χ0) is 14.5. The molecule has 0 bridgehead atoms. The maximum absolute atomic E-state index is 12.5. The maximum Gasteiger partial charge on any atom is 0.433 e. The molecule has 0 aliphatic rings. The number of ether oxygens (including phenoxy) is 2. The van der Waals surface area contributed by atoms with Crippen LogP contribution in [0.5, 0.6) is 5.88 Å². The van der Waals surface area contributed by atoms with E-state index in [0.29, 0.717) is 6.61 Å². The van der Waals surface area contributed by atoms with E-state index in [1.807, 2.05) is 0 Å². The molecule has 1 aromatic heterocycles. The highest BCUT2D eigenvalue weighted by atomic mass is 19.4. The molecule has 0 fully saturated rings. The fourth-order valence-electron chi connectivity index (χ4n) is 1.28. The third-order valence-electron chi connectivity index (χ3n) is 2.14. The summed E-state index contributed by atoms with van der Waals surface area (Å²) in [6, 6.07) is 3.53. The van der Waals surface area contributed by atoms with E-state index in [1.54, 1.807) is 19.9 Å².